The van der Waals surface area contributed by atoms with E-state index in [9.17, 15) is 10.1 Å². The topological polar surface area (TPSA) is 86.2 Å². The fraction of sp³-hybridized carbons (Fsp3) is 0.360. The van der Waals surface area contributed by atoms with Crippen LogP contribution in [0, 0.1) is 11.5 Å². The van der Waals surface area contributed by atoms with Crippen LogP contribution in [0.25, 0.3) is 16.6 Å². The Hall–Kier alpha value is -3.50. The van der Waals surface area contributed by atoms with Crippen molar-refractivity contribution in [3.05, 3.63) is 65.8 Å². The number of rotatable bonds is 5. The summed E-state index contributed by atoms with van der Waals surface area (Å²) in [6, 6.07) is 11.6. The van der Waals surface area contributed by atoms with Crippen LogP contribution in [-0.4, -0.2) is 40.5 Å². The van der Waals surface area contributed by atoms with Gasteiger partial charge in [0.15, 0.2) is 12.0 Å². The lowest BCUT2D eigenvalue weighted by molar-refractivity contribution is 0.0926. The van der Waals surface area contributed by atoms with Crippen LogP contribution >= 0.6 is 0 Å². The van der Waals surface area contributed by atoms with E-state index in [1.807, 2.05) is 17.0 Å². The molecule has 1 aromatic carbocycles. The Bertz CT molecular complexity index is 1230. The molecule has 0 spiro atoms. The molecule has 3 aromatic rings. The van der Waals surface area contributed by atoms with Gasteiger partial charge in [0.1, 0.15) is 6.04 Å². The predicted octanol–water partition coefficient (Wildman–Crippen LogP) is 3.66. The highest BCUT2D eigenvalue weighted by Gasteiger charge is 2.48. The molecule has 4 heterocycles. The summed E-state index contributed by atoms with van der Waals surface area (Å²) in [6.45, 7) is 6.24. The van der Waals surface area contributed by atoms with E-state index in [-0.39, 0.29) is 17.5 Å². The lowest BCUT2D eigenvalue weighted by atomic mass is 9.78. The largest absolute Gasteiger partial charge is 0.459 e. The summed E-state index contributed by atoms with van der Waals surface area (Å²) in [4.78, 5) is 14.3. The number of allylic oxidation sites excluding steroid dienone is 1. The van der Waals surface area contributed by atoms with Crippen molar-refractivity contribution in [2.24, 2.45) is 0 Å². The van der Waals surface area contributed by atoms with Crippen molar-refractivity contribution in [2.45, 2.75) is 38.3 Å². The smallest absolute Gasteiger partial charge is 0.286 e. The minimum absolute atomic E-state index is 0.0990. The molecule has 32 heavy (non-hydrogen) atoms. The summed E-state index contributed by atoms with van der Waals surface area (Å²) in [6.07, 6.45) is 7.79. The number of carbonyl (C=O) groups is 1. The zero-order chi connectivity index (χ0) is 22.3. The number of carbonyl (C=O) groups excluding carboxylic acids is 1. The SMILES string of the molecule is CC[C@]12C=C(C)n3c(c(CCNC(=O)c4ccco4)c4ccccc43)[C@H]1N(C#N)CCN2. The Kier molecular flexibility index (Phi) is 5.03. The van der Waals surface area contributed by atoms with Crippen LogP contribution in [0.15, 0.2) is 53.2 Å². The van der Waals surface area contributed by atoms with Crippen molar-refractivity contribution in [3.8, 4) is 6.19 Å². The third-order valence-corrected chi connectivity index (χ3v) is 6.82. The molecule has 1 saturated heterocycles. The number of amides is 1. The number of para-hydroxylation sites is 1. The quantitative estimate of drug-likeness (QED) is 0.605. The van der Waals surface area contributed by atoms with Crippen molar-refractivity contribution in [1.82, 2.24) is 20.1 Å². The van der Waals surface area contributed by atoms with Crippen LogP contribution in [0.3, 0.4) is 0 Å². The summed E-state index contributed by atoms with van der Waals surface area (Å²) in [5.74, 6) is 0.0917. The number of benzene rings is 1. The van der Waals surface area contributed by atoms with Gasteiger partial charge in [-0.3, -0.25) is 9.69 Å². The zero-order valence-corrected chi connectivity index (χ0v) is 18.4. The number of furan rings is 1. The lowest BCUT2D eigenvalue weighted by Gasteiger charge is -2.50. The fourth-order valence-electron chi connectivity index (χ4n) is 5.45. The first kappa shape index (κ1) is 20.4. The highest BCUT2D eigenvalue weighted by molar-refractivity contribution is 5.92. The highest BCUT2D eigenvalue weighted by Crippen LogP contribution is 2.47. The minimum atomic E-state index is -0.297. The van der Waals surface area contributed by atoms with E-state index >= 15 is 0 Å². The average molecular weight is 430 g/mol. The second-order valence-electron chi connectivity index (χ2n) is 8.50. The Morgan fingerprint density at radius 3 is 2.94 bits per heavy atom. The molecule has 2 aliphatic rings. The van der Waals surface area contributed by atoms with Crippen molar-refractivity contribution < 1.29 is 9.21 Å². The van der Waals surface area contributed by atoms with E-state index in [1.165, 1.54) is 11.8 Å². The summed E-state index contributed by atoms with van der Waals surface area (Å²) in [5.41, 5.74) is 4.33. The molecular formula is C25H27N5O2. The first-order valence-electron chi connectivity index (χ1n) is 11.1. The summed E-state index contributed by atoms with van der Waals surface area (Å²) >= 11 is 0. The number of nitrogens with zero attached hydrogens (tertiary/aromatic N) is 3. The number of nitrogens with one attached hydrogen (secondary N) is 2. The normalized spacial score (nSPS) is 22.1. The highest BCUT2D eigenvalue weighted by atomic mass is 16.3. The van der Waals surface area contributed by atoms with E-state index < -0.39 is 0 Å². The maximum atomic E-state index is 12.4. The minimum Gasteiger partial charge on any atom is -0.459 e. The Balaban J connectivity index is 1.60. The predicted molar refractivity (Wildman–Crippen MR) is 123 cm³/mol. The van der Waals surface area contributed by atoms with Crippen molar-refractivity contribution in [3.63, 3.8) is 0 Å². The van der Waals surface area contributed by atoms with Gasteiger partial charge in [-0.2, -0.15) is 5.26 Å². The number of hydrogen-bond donors (Lipinski definition) is 2. The molecule has 0 saturated carbocycles. The third-order valence-electron chi connectivity index (χ3n) is 6.82. The summed E-state index contributed by atoms with van der Waals surface area (Å²) in [5, 5.41) is 17.9. The van der Waals surface area contributed by atoms with E-state index in [4.69, 9.17) is 4.42 Å². The molecule has 1 amide bonds. The van der Waals surface area contributed by atoms with E-state index in [0.717, 1.165) is 35.3 Å². The number of nitriles is 1. The van der Waals surface area contributed by atoms with Gasteiger partial charge in [0.2, 0.25) is 0 Å². The molecule has 2 N–H and O–H groups in total. The molecule has 2 aliphatic heterocycles. The average Bonchev–Trinajstić information content (AvgIpc) is 3.46. The van der Waals surface area contributed by atoms with Gasteiger partial charge >= 0.3 is 0 Å². The molecule has 7 heteroatoms. The maximum Gasteiger partial charge on any atom is 0.286 e. The molecule has 2 atom stereocenters. The molecule has 5 rings (SSSR count). The van der Waals surface area contributed by atoms with Gasteiger partial charge in [-0.05, 0) is 49.6 Å². The summed E-state index contributed by atoms with van der Waals surface area (Å²) < 4.78 is 7.51. The number of aromatic nitrogens is 1. The molecule has 7 nitrogen and oxygen atoms in total. The van der Waals surface area contributed by atoms with E-state index in [0.29, 0.717) is 25.3 Å². The molecule has 0 unspecified atom stereocenters. The monoisotopic (exact) mass is 429 g/mol. The van der Waals surface area contributed by atoms with Crippen molar-refractivity contribution in [2.75, 3.05) is 19.6 Å². The molecular weight excluding hydrogens is 402 g/mol. The van der Waals surface area contributed by atoms with Crippen LogP contribution < -0.4 is 10.6 Å². The van der Waals surface area contributed by atoms with Gasteiger partial charge in [-0.15, -0.1) is 0 Å². The molecule has 0 bridgehead atoms. The first-order valence-corrected chi connectivity index (χ1v) is 11.1. The maximum absolute atomic E-state index is 12.4. The molecule has 1 fully saturated rings. The van der Waals surface area contributed by atoms with Crippen molar-refractivity contribution in [1.29, 1.82) is 5.26 Å². The van der Waals surface area contributed by atoms with Gasteiger partial charge in [0.25, 0.3) is 5.91 Å². The van der Waals surface area contributed by atoms with Crippen LogP contribution in [0.4, 0.5) is 0 Å². The van der Waals surface area contributed by atoms with E-state index in [1.54, 1.807) is 12.1 Å². The number of hydrogen-bond acceptors (Lipinski definition) is 5. The number of piperazine rings is 1. The zero-order valence-electron chi connectivity index (χ0n) is 18.4. The third kappa shape index (κ3) is 3.02. The molecule has 0 aliphatic carbocycles. The molecule has 164 valence electrons. The van der Waals surface area contributed by atoms with Gasteiger partial charge in [0, 0.05) is 30.7 Å². The molecule has 2 aromatic heterocycles. The number of fused-ring (bicyclic) bond motifs is 5. The lowest BCUT2D eigenvalue weighted by Crippen LogP contribution is -2.61. The second-order valence-corrected chi connectivity index (χ2v) is 8.50. The Morgan fingerprint density at radius 1 is 1.34 bits per heavy atom. The summed E-state index contributed by atoms with van der Waals surface area (Å²) in [7, 11) is 0. The first-order chi connectivity index (χ1) is 15.6. The van der Waals surface area contributed by atoms with Crippen LogP contribution in [0.2, 0.25) is 0 Å². The van der Waals surface area contributed by atoms with Crippen LogP contribution in [-0.2, 0) is 6.42 Å². The Labute approximate surface area is 187 Å². The Morgan fingerprint density at radius 2 is 2.19 bits per heavy atom. The fourth-order valence-corrected chi connectivity index (χ4v) is 5.45. The van der Waals surface area contributed by atoms with Crippen molar-refractivity contribution >= 4 is 22.5 Å². The molecule has 0 radical (unpaired) electrons. The van der Waals surface area contributed by atoms with Gasteiger partial charge in [0.05, 0.1) is 23.0 Å². The van der Waals surface area contributed by atoms with Gasteiger partial charge < -0.3 is 19.6 Å². The standard InChI is InChI=1S/C25H27N5O2/c1-3-25-15-17(2)30-20-8-5-4-7-18(20)19(10-11-27-24(31)21-9-6-14-32-21)22(30)23(25)29(16-26)13-12-28-25/h4-9,14-15,23,28H,3,10-13H2,1-2H3,(H,27,31)/t23-,25+/m1/s1. The van der Waals surface area contributed by atoms with Crippen LogP contribution in [0.1, 0.15) is 48.1 Å². The van der Waals surface area contributed by atoms with Crippen LogP contribution in [0.5, 0.6) is 0 Å². The second kappa shape index (κ2) is 7.88. The van der Waals surface area contributed by atoms with E-state index in [2.05, 4.69) is 53.5 Å². The van der Waals surface area contributed by atoms with Gasteiger partial charge in [-0.25, -0.2) is 0 Å². The van der Waals surface area contributed by atoms with Gasteiger partial charge in [-0.1, -0.05) is 25.1 Å².